The summed E-state index contributed by atoms with van der Waals surface area (Å²) in [5.74, 6) is 0. The molecule has 1 heterocycles. The summed E-state index contributed by atoms with van der Waals surface area (Å²) in [6.45, 7) is 11.6. The molecule has 0 spiro atoms. The topological polar surface area (TPSA) is 20.1 Å². The fourth-order valence-corrected chi connectivity index (χ4v) is 1.86. The van der Waals surface area contributed by atoms with Gasteiger partial charge in [0.1, 0.15) is 0 Å². The van der Waals surface area contributed by atoms with E-state index in [4.69, 9.17) is 6.57 Å². The molecule has 0 amide bonds. The first-order chi connectivity index (χ1) is 7.22. The number of aromatic amines is 1. The summed E-state index contributed by atoms with van der Waals surface area (Å²) in [5.41, 5.74) is 4.97. The van der Waals surface area contributed by atoms with Gasteiger partial charge in [-0.05, 0) is 31.0 Å². The van der Waals surface area contributed by atoms with Gasteiger partial charge >= 0.3 is 0 Å². The number of fused-ring (bicyclic) bond motifs is 1. The van der Waals surface area contributed by atoms with E-state index in [0.717, 1.165) is 6.42 Å². The molecular weight excluding hydrogens is 184 g/mol. The first-order valence-electron chi connectivity index (χ1n) is 5.13. The van der Waals surface area contributed by atoms with Crippen molar-refractivity contribution in [1.29, 1.82) is 0 Å². The van der Waals surface area contributed by atoms with Crippen molar-refractivity contribution in [3.63, 3.8) is 0 Å². The summed E-state index contributed by atoms with van der Waals surface area (Å²) >= 11 is 0. The molecule has 76 valence electrons. The fraction of sp³-hybridized carbons (Fsp3) is 0.308. The van der Waals surface area contributed by atoms with Crippen LogP contribution in [0, 0.1) is 20.4 Å². The molecule has 0 aliphatic heterocycles. The van der Waals surface area contributed by atoms with Gasteiger partial charge in [0.15, 0.2) is 0 Å². The van der Waals surface area contributed by atoms with Crippen molar-refractivity contribution in [1.82, 2.24) is 4.98 Å². The normalized spacial score (nSPS) is 10.5. The van der Waals surface area contributed by atoms with Crippen LogP contribution in [0.1, 0.15) is 16.8 Å². The number of nitrogens with zero attached hydrogens (tertiary/aromatic N) is 1. The fourth-order valence-electron chi connectivity index (χ4n) is 1.86. The largest absolute Gasteiger partial charge is 0.358 e. The zero-order chi connectivity index (χ0) is 10.8. The van der Waals surface area contributed by atoms with Crippen LogP contribution >= 0.6 is 0 Å². The number of hydrogen-bond donors (Lipinski definition) is 1. The lowest BCUT2D eigenvalue weighted by atomic mass is 10.1. The van der Waals surface area contributed by atoms with Gasteiger partial charge in [-0.25, -0.2) is 6.57 Å². The molecule has 0 saturated heterocycles. The third kappa shape index (κ3) is 1.73. The molecule has 2 heteroatoms. The minimum absolute atomic E-state index is 0.574. The molecule has 0 fully saturated rings. The predicted molar refractivity (Wildman–Crippen MR) is 62.9 cm³/mol. The number of aryl methyl sites for hydroxylation is 2. The Morgan fingerprint density at radius 1 is 1.33 bits per heavy atom. The molecule has 2 nitrogen and oxygen atoms in total. The van der Waals surface area contributed by atoms with Crippen molar-refractivity contribution in [2.45, 2.75) is 20.3 Å². The van der Waals surface area contributed by atoms with E-state index in [0.29, 0.717) is 6.54 Å². The maximum absolute atomic E-state index is 6.77. The maximum Gasteiger partial charge on any atom is 0.218 e. The van der Waals surface area contributed by atoms with Crippen LogP contribution in [0.3, 0.4) is 0 Å². The third-order valence-electron chi connectivity index (χ3n) is 2.88. The predicted octanol–water partition coefficient (Wildman–Crippen LogP) is 3.25. The van der Waals surface area contributed by atoms with E-state index in [1.165, 1.54) is 27.7 Å². The van der Waals surface area contributed by atoms with E-state index in [1.807, 2.05) is 0 Å². The minimum atomic E-state index is 0.574. The molecule has 0 atom stereocenters. The highest BCUT2D eigenvalue weighted by molar-refractivity contribution is 5.84. The van der Waals surface area contributed by atoms with Gasteiger partial charge in [-0.1, -0.05) is 12.1 Å². The van der Waals surface area contributed by atoms with Crippen LogP contribution in [-0.4, -0.2) is 11.5 Å². The first-order valence-corrected chi connectivity index (χ1v) is 5.13. The summed E-state index contributed by atoms with van der Waals surface area (Å²) < 4.78 is 0. The number of hydrogen-bond acceptors (Lipinski definition) is 0. The van der Waals surface area contributed by atoms with Gasteiger partial charge in [-0.3, -0.25) is 0 Å². The summed E-state index contributed by atoms with van der Waals surface area (Å²) in [7, 11) is 0. The molecule has 1 aromatic carbocycles. The van der Waals surface area contributed by atoms with E-state index >= 15 is 0 Å². The second kappa shape index (κ2) is 3.78. The van der Waals surface area contributed by atoms with Gasteiger partial charge in [-0.15, -0.1) is 0 Å². The number of nitrogens with one attached hydrogen (secondary N) is 1. The molecule has 0 bridgehead atoms. The number of aromatic nitrogens is 1. The van der Waals surface area contributed by atoms with Crippen molar-refractivity contribution in [2.24, 2.45) is 0 Å². The molecular formula is C13H14N2. The van der Waals surface area contributed by atoms with Crippen molar-refractivity contribution in [2.75, 3.05) is 6.54 Å². The Bertz CT molecular complexity index is 529. The summed E-state index contributed by atoms with van der Waals surface area (Å²) in [6.07, 6.45) is 0.844. The summed E-state index contributed by atoms with van der Waals surface area (Å²) in [4.78, 5) is 6.74. The smallest absolute Gasteiger partial charge is 0.218 e. The van der Waals surface area contributed by atoms with Crippen LogP contribution in [0.25, 0.3) is 15.7 Å². The Hall–Kier alpha value is -1.75. The lowest BCUT2D eigenvalue weighted by Crippen LogP contribution is -1.86. The highest BCUT2D eigenvalue weighted by Gasteiger charge is 2.04. The van der Waals surface area contributed by atoms with Gasteiger partial charge in [0.05, 0.1) is 0 Å². The van der Waals surface area contributed by atoms with Gasteiger partial charge in [-0.2, -0.15) is 0 Å². The molecule has 0 unspecified atom stereocenters. The van der Waals surface area contributed by atoms with Gasteiger partial charge in [0, 0.05) is 23.0 Å². The maximum atomic E-state index is 6.77. The molecule has 2 rings (SSSR count). The van der Waals surface area contributed by atoms with Crippen LogP contribution in [-0.2, 0) is 6.42 Å². The Kier molecular flexibility index (Phi) is 2.47. The molecule has 1 aromatic heterocycles. The van der Waals surface area contributed by atoms with E-state index in [9.17, 15) is 0 Å². The number of H-pyrrole nitrogens is 1. The highest BCUT2D eigenvalue weighted by Crippen LogP contribution is 2.22. The van der Waals surface area contributed by atoms with Crippen molar-refractivity contribution in [3.8, 4) is 0 Å². The SMILES string of the molecule is [C-]#[N+]CCc1ccc2c(C)c(C)[nH]c2c1. The van der Waals surface area contributed by atoms with Gasteiger partial charge in [0.25, 0.3) is 0 Å². The zero-order valence-electron chi connectivity index (χ0n) is 9.09. The monoisotopic (exact) mass is 198 g/mol. The van der Waals surface area contributed by atoms with Crippen LogP contribution in [0.5, 0.6) is 0 Å². The third-order valence-corrected chi connectivity index (χ3v) is 2.88. The lowest BCUT2D eigenvalue weighted by Gasteiger charge is -1.96. The van der Waals surface area contributed by atoms with E-state index in [-0.39, 0.29) is 0 Å². The van der Waals surface area contributed by atoms with Crippen molar-refractivity contribution >= 4 is 10.9 Å². The van der Waals surface area contributed by atoms with Crippen molar-refractivity contribution < 1.29 is 0 Å². The van der Waals surface area contributed by atoms with Crippen LogP contribution in [0.15, 0.2) is 18.2 Å². The molecule has 0 radical (unpaired) electrons. The Labute approximate surface area is 89.7 Å². The van der Waals surface area contributed by atoms with Crippen molar-refractivity contribution in [3.05, 3.63) is 46.4 Å². The highest BCUT2D eigenvalue weighted by atomic mass is 14.7. The van der Waals surface area contributed by atoms with Gasteiger partial charge < -0.3 is 9.83 Å². The average Bonchev–Trinajstić information content (AvgIpc) is 2.52. The van der Waals surface area contributed by atoms with Crippen LogP contribution in [0.2, 0.25) is 0 Å². The minimum Gasteiger partial charge on any atom is -0.358 e. The zero-order valence-corrected chi connectivity index (χ0v) is 9.09. The Morgan fingerprint density at radius 3 is 2.87 bits per heavy atom. The average molecular weight is 198 g/mol. The quantitative estimate of drug-likeness (QED) is 0.715. The lowest BCUT2D eigenvalue weighted by molar-refractivity contribution is 1.08. The Morgan fingerprint density at radius 2 is 2.13 bits per heavy atom. The Balaban J connectivity index is 2.44. The van der Waals surface area contributed by atoms with Gasteiger partial charge in [0.2, 0.25) is 6.54 Å². The van der Waals surface area contributed by atoms with E-state index in [1.54, 1.807) is 0 Å². The molecule has 1 N–H and O–H groups in total. The molecule has 0 saturated carbocycles. The van der Waals surface area contributed by atoms with Crippen LogP contribution < -0.4 is 0 Å². The van der Waals surface area contributed by atoms with E-state index < -0.39 is 0 Å². The molecule has 2 aromatic rings. The second-order valence-electron chi connectivity index (χ2n) is 3.89. The first kappa shape index (κ1) is 9.79. The molecule has 15 heavy (non-hydrogen) atoms. The number of rotatable bonds is 2. The standard InChI is InChI=1S/C13H14N2/c1-9-10(2)15-13-8-11(6-7-14-3)4-5-12(9)13/h4-5,8,15H,6-7H2,1-2H3. The molecule has 0 aliphatic rings. The summed E-state index contributed by atoms with van der Waals surface area (Å²) in [6, 6.07) is 6.42. The van der Waals surface area contributed by atoms with Crippen LogP contribution in [0.4, 0.5) is 0 Å². The molecule has 0 aliphatic carbocycles. The second-order valence-corrected chi connectivity index (χ2v) is 3.89. The number of benzene rings is 1. The van der Waals surface area contributed by atoms with E-state index in [2.05, 4.69) is 41.9 Å². The summed E-state index contributed by atoms with van der Waals surface area (Å²) in [5, 5.41) is 1.29.